The minimum absolute atomic E-state index is 0.00851. The summed E-state index contributed by atoms with van der Waals surface area (Å²) in [6.07, 6.45) is 0. The standard InChI is InChI=1S/C13H8BrNO4/c14-11-4-3-10(19-11)13(17)7-1-2-9-8(5-7)15-12(16)6-18-9/h1-5H,6H2,(H,15,16). The summed E-state index contributed by atoms with van der Waals surface area (Å²) in [5.41, 5.74) is 0.916. The molecule has 0 bridgehead atoms. The van der Waals surface area contributed by atoms with Gasteiger partial charge in [0.05, 0.1) is 5.69 Å². The molecule has 2 aromatic rings. The third-order valence-corrected chi connectivity index (χ3v) is 3.10. The zero-order valence-electron chi connectivity index (χ0n) is 9.60. The van der Waals surface area contributed by atoms with Crippen LogP contribution in [0.25, 0.3) is 0 Å². The van der Waals surface area contributed by atoms with E-state index in [4.69, 9.17) is 9.15 Å². The van der Waals surface area contributed by atoms with E-state index in [1.807, 2.05) is 0 Å². The second-order valence-corrected chi connectivity index (χ2v) is 4.76. The van der Waals surface area contributed by atoms with E-state index in [1.165, 1.54) is 0 Å². The molecule has 2 heterocycles. The van der Waals surface area contributed by atoms with E-state index in [0.717, 1.165) is 0 Å². The van der Waals surface area contributed by atoms with E-state index >= 15 is 0 Å². The molecule has 0 saturated carbocycles. The first-order chi connectivity index (χ1) is 9.13. The lowest BCUT2D eigenvalue weighted by atomic mass is 10.1. The molecule has 3 rings (SSSR count). The number of benzene rings is 1. The summed E-state index contributed by atoms with van der Waals surface area (Å²) in [4.78, 5) is 23.4. The SMILES string of the molecule is O=C1COc2ccc(C(=O)c3ccc(Br)o3)cc2N1. The predicted molar refractivity (Wildman–Crippen MR) is 70.4 cm³/mol. The van der Waals surface area contributed by atoms with Crippen LogP contribution >= 0.6 is 15.9 Å². The summed E-state index contributed by atoms with van der Waals surface area (Å²) in [5, 5.41) is 2.66. The molecular weight excluding hydrogens is 314 g/mol. The molecule has 0 saturated heterocycles. The molecule has 1 amide bonds. The fraction of sp³-hybridized carbons (Fsp3) is 0.0769. The van der Waals surface area contributed by atoms with Gasteiger partial charge in [-0.05, 0) is 46.3 Å². The highest BCUT2D eigenvalue weighted by Gasteiger charge is 2.19. The fourth-order valence-electron chi connectivity index (χ4n) is 1.80. The number of carbonyl (C=O) groups is 2. The van der Waals surface area contributed by atoms with Gasteiger partial charge in [0, 0.05) is 5.56 Å². The minimum atomic E-state index is -0.256. The molecule has 0 aliphatic carbocycles. The maximum absolute atomic E-state index is 12.2. The van der Waals surface area contributed by atoms with Crippen molar-refractivity contribution in [3.05, 3.63) is 46.3 Å². The van der Waals surface area contributed by atoms with Crippen molar-refractivity contribution in [1.29, 1.82) is 0 Å². The maximum atomic E-state index is 12.2. The molecule has 1 aliphatic rings. The molecule has 0 radical (unpaired) electrons. The first-order valence-corrected chi connectivity index (χ1v) is 6.29. The number of amides is 1. The summed E-state index contributed by atoms with van der Waals surface area (Å²) < 4.78 is 10.9. The highest BCUT2D eigenvalue weighted by molar-refractivity contribution is 9.10. The van der Waals surface area contributed by atoms with Crippen molar-refractivity contribution < 1.29 is 18.7 Å². The lowest BCUT2D eigenvalue weighted by Gasteiger charge is -2.18. The average Bonchev–Trinajstić information content (AvgIpc) is 2.83. The van der Waals surface area contributed by atoms with Gasteiger partial charge in [0.2, 0.25) is 5.78 Å². The Kier molecular flexibility index (Phi) is 2.87. The van der Waals surface area contributed by atoms with Crippen LogP contribution in [-0.2, 0) is 4.79 Å². The Balaban J connectivity index is 1.96. The molecule has 0 fully saturated rings. The van der Waals surface area contributed by atoms with Crippen molar-refractivity contribution in [2.75, 3.05) is 11.9 Å². The van der Waals surface area contributed by atoms with Crippen LogP contribution in [0.2, 0.25) is 0 Å². The molecule has 1 aromatic heterocycles. The summed E-state index contributed by atoms with van der Waals surface area (Å²) in [6.45, 7) is -0.00851. The Hall–Kier alpha value is -2.08. The number of rotatable bonds is 2. The Morgan fingerprint density at radius 2 is 2.11 bits per heavy atom. The Morgan fingerprint density at radius 1 is 1.26 bits per heavy atom. The molecule has 1 aromatic carbocycles. The van der Waals surface area contributed by atoms with Gasteiger partial charge in [-0.1, -0.05) is 0 Å². The van der Waals surface area contributed by atoms with E-state index < -0.39 is 0 Å². The van der Waals surface area contributed by atoms with Gasteiger partial charge in [-0.3, -0.25) is 9.59 Å². The first-order valence-electron chi connectivity index (χ1n) is 5.50. The van der Waals surface area contributed by atoms with Crippen LogP contribution in [0.1, 0.15) is 16.1 Å². The molecule has 1 N–H and O–H groups in total. The number of anilines is 1. The van der Waals surface area contributed by atoms with E-state index in [1.54, 1.807) is 30.3 Å². The Bertz CT molecular complexity index is 677. The van der Waals surface area contributed by atoms with Gasteiger partial charge in [0.15, 0.2) is 17.0 Å². The predicted octanol–water partition coefficient (Wildman–Crippen LogP) is 2.60. The number of halogens is 1. The molecule has 96 valence electrons. The van der Waals surface area contributed by atoms with E-state index in [0.29, 0.717) is 21.7 Å². The second kappa shape index (κ2) is 4.55. The van der Waals surface area contributed by atoms with Crippen LogP contribution in [0.3, 0.4) is 0 Å². The van der Waals surface area contributed by atoms with E-state index in [9.17, 15) is 9.59 Å². The lowest BCUT2D eigenvalue weighted by Crippen LogP contribution is -2.25. The summed E-state index contributed by atoms with van der Waals surface area (Å²) in [5.74, 6) is 0.290. The number of ketones is 1. The number of fused-ring (bicyclic) bond motifs is 1. The van der Waals surface area contributed by atoms with Gasteiger partial charge in [-0.25, -0.2) is 0 Å². The topological polar surface area (TPSA) is 68.5 Å². The highest BCUT2D eigenvalue weighted by Crippen LogP contribution is 2.29. The number of hydrogen-bond acceptors (Lipinski definition) is 4. The third-order valence-electron chi connectivity index (χ3n) is 2.67. The van der Waals surface area contributed by atoms with E-state index in [-0.39, 0.29) is 24.1 Å². The highest BCUT2D eigenvalue weighted by atomic mass is 79.9. The first kappa shape index (κ1) is 12.0. The van der Waals surface area contributed by atoms with Crippen LogP contribution in [0, 0.1) is 0 Å². The van der Waals surface area contributed by atoms with Gasteiger partial charge in [0.1, 0.15) is 5.75 Å². The molecule has 1 aliphatic heterocycles. The molecule has 0 unspecified atom stereocenters. The molecule has 0 spiro atoms. The van der Waals surface area contributed by atoms with Crippen molar-refractivity contribution >= 4 is 33.3 Å². The van der Waals surface area contributed by atoms with Crippen LogP contribution in [0.4, 0.5) is 5.69 Å². The number of nitrogens with one attached hydrogen (secondary N) is 1. The summed E-state index contributed by atoms with van der Waals surface area (Å²) >= 11 is 3.15. The van der Waals surface area contributed by atoms with Crippen molar-refractivity contribution in [3.8, 4) is 5.75 Å². The number of carbonyl (C=O) groups excluding carboxylic acids is 2. The molecule has 5 nitrogen and oxygen atoms in total. The quantitative estimate of drug-likeness (QED) is 0.863. The maximum Gasteiger partial charge on any atom is 0.262 e. The normalized spacial score (nSPS) is 13.4. The average molecular weight is 322 g/mol. The summed E-state index contributed by atoms with van der Waals surface area (Å²) in [7, 11) is 0. The van der Waals surface area contributed by atoms with Crippen molar-refractivity contribution in [2.24, 2.45) is 0 Å². The molecule has 6 heteroatoms. The zero-order chi connectivity index (χ0) is 13.4. The van der Waals surface area contributed by atoms with Crippen LogP contribution in [0.15, 0.2) is 39.4 Å². The number of hydrogen-bond donors (Lipinski definition) is 1. The van der Waals surface area contributed by atoms with Gasteiger partial charge >= 0.3 is 0 Å². The number of ether oxygens (including phenoxy) is 1. The van der Waals surface area contributed by atoms with Gasteiger partial charge in [-0.15, -0.1) is 0 Å². The smallest absolute Gasteiger partial charge is 0.262 e. The molecule has 19 heavy (non-hydrogen) atoms. The van der Waals surface area contributed by atoms with Crippen molar-refractivity contribution in [3.63, 3.8) is 0 Å². The third kappa shape index (κ3) is 2.26. The van der Waals surface area contributed by atoms with Crippen LogP contribution < -0.4 is 10.1 Å². The van der Waals surface area contributed by atoms with E-state index in [2.05, 4.69) is 21.2 Å². The van der Waals surface area contributed by atoms with Crippen molar-refractivity contribution in [2.45, 2.75) is 0 Å². The fourth-order valence-corrected chi connectivity index (χ4v) is 2.11. The summed E-state index contributed by atoms with van der Waals surface area (Å²) in [6, 6.07) is 8.09. The minimum Gasteiger partial charge on any atom is -0.482 e. The monoisotopic (exact) mass is 321 g/mol. The van der Waals surface area contributed by atoms with Crippen molar-refractivity contribution in [1.82, 2.24) is 0 Å². The lowest BCUT2D eigenvalue weighted by molar-refractivity contribution is -0.118. The largest absolute Gasteiger partial charge is 0.482 e. The van der Waals surface area contributed by atoms with Crippen LogP contribution in [0.5, 0.6) is 5.75 Å². The second-order valence-electron chi connectivity index (χ2n) is 3.98. The number of furan rings is 1. The van der Waals surface area contributed by atoms with Gasteiger partial charge in [0.25, 0.3) is 5.91 Å². The Morgan fingerprint density at radius 3 is 2.84 bits per heavy atom. The Labute approximate surface area is 116 Å². The van der Waals surface area contributed by atoms with Gasteiger partial charge in [-0.2, -0.15) is 0 Å². The molecule has 0 atom stereocenters. The zero-order valence-corrected chi connectivity index (χ0v) is 11.2. The molecular formula is C13H8BrNO4. The van der Waals surface area contributed by atoms with Crippen LogP contribution in [-0.4, -0.2) is 18.3 Å². The van der Waals surface area contributed by atoms with Gasteiger partial charge < -0.3 is 14.5 Å².